The number of carbonyl (C=O) groups excluding carboxylic acids is 1. The van der Waals surface area contributed by atoms with Crippen molar-refractivity contribution in [1.82, 2.24) is 9.62 Å². The van der Waals surface area contributed by atoms with Gasteiger partial charge in [0, 0.05) is 13.1 Å². The number of nitrogens with one attached hydrogen (secondary N) is 1. The van der Waals surface area contributed by atoms with Gasteiger partial charge in [-0.2, -0.15) is 4.72 Å². The number of para-hydroxylation sites is 1. The van der Waals surface area contributed by atoms with Gasteiger partial charge in [0.25, 0.3) is 0 Å². The van der Waals surface area contributed by atoms with Gasteiger partial charge in [-0.05, 0) is 31.9 Å². The van der Waals surface area contributed by atoms with Crippen molar-refractivity contribution in [3.8, 4) is 0 Å². The van der Waals surface area contributed by atoms with E-state index in [0.29, 0.717) is 13.1 Å². The van der Waals surface area contributed by atoms with Crippen LogP contribution >= 0.6 is 0 Å². The van der Waals surface area contributed by atoms with Crippen LogP contribution in [0.4, 0.5) is 10.1 Å². The molecule has 0 spiro atoms. The molecule has 1 aliphatic heterocycles. The first-order valence-corrected chi connectivity index (χ1v) is 8.16. The molecule has 0 radical (unpaired) electrons. The van der Waals surface area contributed by atoms with E-state index in [-0.39, 0.29) is 10.8 Å². The summed E-state index contributed by atoms with van der Waals surface area (Å²) in [5.74, 6) is -1.09. The van der Waals surface area contributed by atoms with Crippen molar-refractivity contribution in [3.05, 3.63) is 24.0 Å². The third-order valence-electron chi connectivity index (χ3n) is 3.42. The maximum atomic E-state index is 13.4. The molecule has 8 heteroatoms. The van der Waals surface area contributed by atoms with E-state index in [4.69, 9.17) is 5.73 Å². The van der Waals surface area contributed by atoms with Gasteiger partial charge in [0.1, 0.15) is 10.7 Å². The largest absolute Gasteiger partial charge is 0.395 e. The van der Waals surface area contributed by atoms with Gasteiger partial charge < -0.3 is 10.6 Å². The van der Waals surface area contributed by atoms with Crippen molar-refractivity contribution in [2.75, 3.05) is 18.8 Å². The second-order valence-electron chi connectivity index (χ2n) is 5.03. The van der Waals surface area contributed by atoms with E-state index in [9.17, 15) is 17.6 Å². The van der Waals surface area contributed by atoms with E-state index in [0.717, 1.165) is 18.9 Å². The van der Waals surface area contributed by atoms with Crippen LogP contribution in [0.1, 0.15) is 19.8 Å². The van der Waals surface area contributed by atoms with Crippen LogP contribution in [0.3, 0.4) is 0 Å². The van der Waals surface area contributed by atoms with Crippen molar-refractivity contribution < 1.29 is 17.6 Å². The van der Waals surface area contributed by atoms with Crippen molar-refractivity contribution in [3.63, 3.8) is 0 Å². The first-order valence-electron chi connectivity index (χ1n) is 6.68. The summed E-state index contributed by atoms with van der Waals surface area (Å²) in [6.07, 6.45) is 1.84. The molecule has 3 N–H and O–H groups in total. The highest BCUT2D eigenvalue weighted by Gasteiger charge is 2.28. The number of nitrogens with two attached hydrogens (primary N) is 1. The zero-order valence-corrected chi connectivity index (χ0v) is 12.5. The maximum Gasteiger partial charge on any atom is 0.243 e. The minimum absolute atomic E-state index is 0.286. The number of nitrogen functional groups attached to an aromatic ring is 1. The Hall–Kier alpha value is -1.67. The van der Waals surface area contributed by atoms with Crippen molar-refractivity contribution in [2.45, 2.75) is 30.7 Å². The smallest absolute Gasteiger partial charge is 0.243 e. The zero-order valence-electron chi connectivity index (χ0n) is 11.7. The second kappa shape index (κ2) is 5.98. The molecule has 6 nitrogen and oxygen atoms in total. The second-order valence-corrected chi connectivity index (χ2v) is 6.71. The lowest BCUT2D eigenvalue weighted by Crippen LogP contribution is -2.45. The third kappa shape index (κ3) is 3.33. The summed E-state index contributed by atoms with van der Waals surface area (Å²) in [6, 6.07) is 2.62. The fourth-order valence-electron chi connectivity index (χ4n) is 2.31. The van der Waals surface area contributed by atoms with Crippen molar-refractivity contribution in [1.29, 1.82) is 0 Å². The monoisotopic (exact) mass is 315 g/mol. The van der Waals surface area contributed by atoms with Crippen LogP contribution in [0.15, 0.2) is 23.1 Å². The average Bonchev–Trinajstić information content (AvgIpc) is 2.94. The zero-order chi connectivity index (χ0) is 15.6. The number of anilines is 1. The number of hydrogen-bond acceptors (Lipinski definition) is 4. The molecule has 2 rings (SSSR count). The number of carbonyl (C=O) groups is 1. The molecule has 0 aromatic heterocycles. The molecule has 0 aliphatic carbocycles. The summed E-state index contributed by atoms with van der Waals surface area (Å²) >= 11 is 0. The predicted octanol–water partition coefficient (Wildman–Crippen LogP) is 0.697. The molecule has 1 saturated heterocycles. The van der Waals surface area contributed by atoms with Crippen LogP contribution in [0.25, 0.3) is 0 Å². The average molecular weight is 315 g/mol. The number of benzene rings is 1. The molecule has 1 heterocycles. The van der Waals surface area contributed by atoms with Gasteiger partial charge in [-0.15, -0.1) is 0 Å². The molecular weight excluding hydrogens is 297 g/mol. The molecule has 21 heavy (non-hydrogen) atoms. The normalized spacial score (nSPS) is 17.0. The third-order valence-corrected chi connectivity index (χ3v) is 5.02. The number of nitrogens with zero attached hydrogens (tertiary/aromatic N) is 1. The molecule has 0 bridgehead atoms. The topological polar surface area (TPSA) is 92.5 Å². The van der Waals surface area contributed by atoms with Crippen LogP contribution in [-0.2, 0) is 14.8 Å². The summed E-state index contributed by atoms with van der Waals surface area (Å²) in [4.78, 5) is 13.4. The fourth-order valence-corrected chi connectivity index (χ4v) is 3.65. The van der Waals surface area contributed by atoms with E-state index in [1.165, 1.54) is 19.1 Å². The number of hydrogen-bond donors (Lipinski definition) is 2. The first-order chi connectivity index (χ1) is 9.83. The molecular formula is C13H18FN3O3S. The fraction of sp³-hybridized carbons (Fsp3) is 0.462. The van der Waals surface area contributed by atoms with Crippen LogP contribution < -0.4 is 10.5 Å². The van der Waals surface area contributed by atoms with Gasteiger partial charge in [-0.3, -0.25) is 4.79 Å². The standard InChI is InChI=1S/C13H18FN3O3S/c1-9(13(18)17-7-2-3-8-17)16-21(19,20)11-6-4-5-10(14)12(11)15/h4-6,9,16H,2-3,7-8,15H2,1H3. The Kier molecular flexibility index (Phi) is 4.48. The quantitative estimate of drug-likeness (QED) is 0.800. The summed E-state index contributed by atoms with van der Waals surface area (Å²) in [5, 5.41) is 0. The Morgan fingerprint density at radius 3 is 2.62 bits per heavy atom. The highest BCUT2D eigenvalue weighted by molar-refractivity contribution is 7.89. The molecule has 1 fully saturated rings. The number of amides is 1. The van der Waals surface area contributed by atoms with E-state index in [2.05, 4.69) is 4.72 Å². The Bertz CT molecular complexity index is 642. The van der Waals surface area contributed by atoms with Crippen molar-refractivity contribution >= 4 is 21.6 Å². The highest BCUT2D eigenvalue weighted by Crippen LogP contribution is 2.21. The highest BCUT2D eigenvalue weighted by atomic mass is 32.2. The van der Waals surface area contributed by atoms with E-state index < -0.39 is 27.6 Å². The summed E-state index contributed by atoms with van der Waals surface area (Å²) < 4.78 is 40.0. The lowest BCUT2D eigenvalue weighted by atomic mass is 10.3. The summed E-state index contributed by atoms with van der Waals surface area (Å²) in [6.45, 7) is 2.73. The molecule has 1 aliphatic rings. The van der Waals surface area contributed by atoms with Crippen LogP contribution in [0.5, 0.6) is 0 Å². The molecule has 116 valence electrons. The van der Waals surface area contributed by atoms with Crippen molar-refractivity contribution in [2.24, 2.45) is 0 Å². The first kappa shape index (κ1) is 15.7. The maximum absolute atomic E-state index is 13.4. The minimum Gasteiger partial charge on any atom is -0.395 e. The number of halogens is 1. The molecule has 1 unspecified atom stereocenters. The molecule has 1 atom stereocenters. The molecule has 1 aromatic rings. The Labute approximate surface area is 123 Å². The van der Waals surface area contributed by atoms with E-state index >= 15 is 0 Å². The van der Waals surface area contributed by atoms with E-state index in [1.807, 2.05) is 0 Å². The van der Waals surface area contributed by atoms with Gasteiger partial charge in [0.2, 0.25) is 15.9 Å². The van der Waals surface area contributed by atoms with E-state index in [1.54, 1.807) is 4.90 Å². The SMILES string of the molecule is CC(NS(=O)(=O)c1cccc(F)c1N)C(=O)N1CCCC1. The van der Waals surface area contributed by atoms with Gasteiger partial charge in [-0.1, -0.05) is 6.07 Å². The number of rotatable bonds is 4. The Morgan fingerprint density at radius 1 is 1.38 bits per heavy atom. The number of sulfonamides is 1. The molecule has 1 aromatic carbocycles. The van der Waals surface area contributed by atoms with Gasteiger partial charge in [0.15, 0.2) is 0 Å². The van der Waals surface area contributed by atoms with Crippen LogP contribution in [0, 0.1) is 5.82 Å². The molecule has 0 saturated carbocycles. The van der Waals surface area contributed by atoms with Gasteiger partial charge >= 0.3 is 0 Å². The van der Waals surface area contributed by atoms with Gasteiger partial charge in [-0.25, -0.2) is 12.8 Å². The lowest BCUT2D eigenvalue weighted by molar-refractivity contribution is -0.131. The van der Waals surface area contributed by atoms with Crippen LogP contribution in [0.2, 0.25) is 0 Å². The van der Waals surface area contributed by atoms with Crippen LogP contribution in [-0.4, -0.2) is 38.4 Å². The molecule has 1 amide bonds. The van der Waals surface area contributed by atoms with Gasteiger partial charge in [0.05, 0.1) is 11.7 Å². The Balaban J connectivity index is 2.17. The summed E-state index contributed by atoms with van der Waals surface area (Å²) in [5.41, 5.74) is 5.00. The predicted molar refractivity (Wildman–Crippen MR) is 76.4 cm³/mol. The lowest BCUT2D eigenvalue weighted by Gasteiger charge is -2.21. The Morgan fingerprint density at radius 2 is 2.00 bits per heavy atom. The minimum atomic E-state index is -4.05. The summed E-state index contributed by atoms with van der Waals surface area (Å²) in [7, 11) is -4.05. The number of likely N-dealkylation sites (tertiary alicyclic amines) is 1.